The van der Waals surface area contributed by atoms with Gasteiger partial charge < -0.3 is 14.7 Å². The summed E-state index contributed by atoms with van der Waals surface area (Å²) in [4.78, 5) is 42.4. The molecule has 1 amide bonds. The zero-order valence-corrected chi connectivity index (χ0v) is 21.7. The molecule has 8 heteroatoms. The van der Waals surface area contributed by atoms with Crippen LogP contribution in [-0.2, 0) is 14.4 Å². The molecule has 194 valence electrons. The standard InChI is InChI=1S/C27H40N2O5S/c1-20(19-35)26(32)29(18-25(30)31)24(27(33)34-23-15-9-4-10-16-23)17-28(21-11-5-2-6-12-21)22-13-7-3-8-14-22/h4,9-10,15-16,20-22,24,35H,2-3,5-8,11-14,17-19H2,1H3,(H,30,31)/t20-,24+/m1/s1. The van der Waals surface area contributed by atoms with Crippen molar-refractivity contribution in [3.8, 4) is 5.75 Å². The van der Waals surface area contributed by atoms with Crippen molar-refractivity contribution in [2.45, 2.75) is 89.3 Å². The molecule has 0 radical (unpaired) electrons. The molecule has 7 nitrogen and oxygen atoms in total. The summed E-state index contributed by atoms with van der Waals surface area (Å²) in [5.41, 5.74) is 0. The Labute approximate surface area is 214 Å². The molecule has 0 saturated heterocycles. The fraction of sp³-hybridized carbons (Fsp3) is 0.667. The van der Waals surface area contributed by atoms with Gasteiger partial charge in [0.25, 0.3) is 0 Å². The van der Waals surface area contributed by atoms with Crippen LogP contribution in [0.1, 0.15) is 71.1 Å². The fourth-order valence-corrected chi connectivity index (χ4v) is 5.60. The zero-order chi connectivity index (χ0) is 25.2. The predicted molar refractivity (Wildman–Crippen MR) is 139 cm³/mol. The van der Waals surface area contributed by atoms with Crippen LogP contribution in [-0.4, -0.2) is 69.7 Å². The maximum absolute atomic E-state index is 13.6. The van der Waals surface area contributed by atoms with Crippen LogP contribution in [0.25, 0.3) is 0 Å². The van der Waals surface area contributed by atoms with Gasteiger partial charge in [-0.25, -0.2) is 4.79 Å². The van der Waals surface area contributed by atoms with Crippen LogP contribution < -0.4 is 4.74 Å². The Kier molecular flexibility index (Phi) is 10.9. The summed E-state index contributed by atoms with van der Waals surface area (Å²) in [7, 11) is 0. The highest BCUT2D eigenvalue weighted by Gasteiger charge is 2.39. The smallest absolute Gasteiger partial charge is 0.335 e. The lowest BCUT2D eigenvalue weighted by Gasteiger charge is -2.44. The summed E-state index contributed by atoms with van der Waals surface area (Å²) < 4.78 is 5.71. The first kappa shape index (κ1) is 27.5. The van der Waals surface area contributed by atoms with Crippen LogP contribution >= 0.6 is 12.6 Å². The number of carboxylic acid groups (broad SMARTS) is 1. The molecule has 0 aliphatic heterocycles. The average molecular weight is 505 g/mol. The van der Waals surface area contributed by atoms with Crippen LogP contribution in [0.15, 0.2) is 30.3 Å². The molecule has 1 aromatic carbocycles. The lowest BCUT2D eigenvalue weighted by Crippen LogP contribution is -2.58. The van der Waals surface area contributed by atoms with E-state index in [1.165, 1.54) is 17.7 Å². The number of thiol groups is 1. The molecular weight excluding hydrogens is 464 g/mol. The number of ether oxygens (including phenoxy) is 1. The molecule has 2 aliphatic carbocycles. The summed E-state index contributed by atoms with van der Waals surface area (Å²) in [5.74, 6) is -1.98. The van der Waals surface area contributed by atoms with E-state index in [0.29, 0.717) is 24.4 Å². The molecule has 35 heavy (non-hydrogen) atoms. The van der Waals surface area contributed by atoms with Crippen molar-refractivity contribution < 1.29 is 24.2 Å². The molecule has 2 aliphatic rings. The molecule has 2 fully saturated rings. The molecule has 2 saturated carbocycles. The fourth-order valence-electron chi connectivity index (χ4n) is 5.44. The van der Waals surface area contributed by atoms with E-state index in [9.17, 15) is 19.5 Å². The van der Waals surface area contributed by atoms with Gasteiger partial charge in [0.2, 0.25) is 5.91 Å². The third-order valence-corrected chi connectivity index (χ3v) is 7.91. The van der Waals surface area contributed by atoms with E-state index in [1.807, 2.05) is 6.07 Å². The number of esters is 1. The lowest BCUT2D eigenvalue weighted by atomic mass is 9.88. The van der Waals surface area contributed by atoms with Crippen LogP contribution in [0.5, 0.6) is 5.75 Å². The number of hydrogen-bond acceptors (Lipinski definition) is 6. The van der Waals surface area contributed by atoms with Crippen molar-refractivity contribution in [2.75, 3.05) is 18.8 Å². The first-order valence-corrected chi connectivity index (χ1v) is 13.7. The number of aliphatic carboxylic acids is 1. The van der Waals surface area contributed by atoms with Gasteiger partial charge in [-0.2, -0.15) is 12.6 Å². The highest BCUT2D eigenvalue weighted by Crippen LogP contribution is 2.31. The Morgan fingerprint density at radius 1 is 0.971 bits per heavy atom. The van der Waals surface area contributed by atoms with Gasteiger partial charge in [-0.1, -0.05) is 63.6 Å². The monoisotopic (exact) mass is 504 g/mol. The third-order valence-electron chi connectivity index (χ3n) is 7.37. The van der Waals surface area contributed by atoms with Gasteiger partial charge in [0.1, 0.15) is 18.3 Å². The van der Waals surface area contributed by atoms with Crippen LogP contribution in [0.3, 0.4) is 0 Å². The summed E-state index contributed by atoms with van der Waals surface area (Å²) >= 11 is 4.26. The minimum absolute atomic E-state index is 0.268. The zero-order valence-electron chi connectivity index (χ0n) is 20.8. The van der Waals surface area contributed by atoms with E-state index in [-0.39, 0.29) is 11.7 Å². The summed E-state index contributed by atoms with van der Waals surface area (Å²) in [6, 6.07) is 8.42. The summed E-state index contributed by atoms with van der Waals surface area (Å²) in [5, 5.41) is 9.66. The second kappa shape index (κ2) is 13.9. The number of nitrogens with zero attached hydrogens (tertiary/aromatic N) is 2. The average Bonchev–Trinajstić information content (AvgIpc) is 2.88. The van der Waals surface area contributed by atoms with E-state index in [1.54, 1.807) is 31.2 Å². The molecule has 0 heterocycles. The van der Waals surface area contributed by atoms with E-state index in [4.69, 9.17) is 4.74 Å². The van der Waals surface area contributed by atoms with Crippen LogP contribution in [0, 0.1) is 5.92 Å². The Hall–Kier alpha value is -2.06. The van der Waals surface area contributed by atoms with E-state index < -0.39 is 30.4 Å². The lowest BCUT2D eigenvalue weighted by molar-refractivity contribution is -0.156. The van der Waals surface area contributed by atoms with E-state index >= 15 is 0 Å². The van der Waals surface area contributed by atoms with Gasteiger partial charge in [-0.05, 0) is 37.8 Å². The molecule has 0 bridgehead atoms. The Morgan fingerprint density at radius 3 is 2.00 bits per heavy atom. The number of amides is 1. The first-order chi connectivity index (χ1) is 16.9. The Balaban J connectivity index is 1.94. The maximum atomic E-state index is 13.6. The van der Waals surface area contributed by atoms with Crippen LogP contribution in [0.2, 0.25) is 0 Å². The SMILES string of the molecule is C[C@H](CS)C(=O)N(CC(=O)O)[C@@H](CN(C1CCCCC1)C1CCCCC1)C(=O)Oc1ccccc1. The topological polar surface area (TPSA) is 87.2 Å². The molecule has 0 aromatic heterocycles. The third kappa shape index (κ3) is 7.97. The molecule has 0 spiro atoms. The number of hydrogen-bond donors (Lipinski definition) is 2. The molecule has 0 unspecified atom stereocenters. The number of carboxylic acids is 1. The van der Waals surface area contributed by atoms with Crippen molar-refractivity contribution in [1.82, 2.24) is 9.80 Å². The molecular formula is C27H40N2O5S. The van der Waals surface area contributed by atoms with Gasteiger partial charge >= 0.3 is 11.9 Å². The number of carbonyl (C=O) groups is 3. The second-order valence-electron chi connectivity index (χ2n) is 9.97. The summed E-state index contributed by atoms with van der Waals surface area (Å²) in [6.07, 6.45) is 11.3. The number of carbonyl (C=O) groups excluding carboxylic acids is 2. The largest absolute Gasteiger partial charge is 0.480 e. The van der Waals surface area contributed by atoms with Gasteiger partial charge in [-0.15, -0.1) is 0 Å². The van der Waals surface area contributed by atoms with Gasteiger partial charge in [0.15, 0.2) is 0 Å². The number of para-hydroxylation sites is 1. The molecule has 1 N–H and O–H groups in total. The summed E-state index contributed by atoms with van der Waals surface area (Å²) in [6.45, 7) is 1.46. The minimum atomic E-state index is -1.15. The Morgan fingerprint density at radius 2 is 1.51 bits per heavy atom. The maximum Gasteiger partial charge on any atom is 0.335 e. The minimum Gasteiger partial charge on any atom is -0.480 e. The van der Waals surface area contributed by atoms with E-state index in [2.05, 4.69) is 17.5 Å². The van der Waals surface area contributed by atoms with Crippen LogP contribution in [0.4, 0.5) is 0 Å². The van der Waals surface area contributed by atoms with Gasteiger partial charge in [0, 0.05) is 30.3 Å². The normalized spacial score (nSPS) is 19.2. The Bertz CT molecular complexity index is 806. The van der Waals surface area contributed by atoms with Crippen molar-refractivity contribution in [3.63, 3.8) is 0 Å². The van der Waals surface area contributed by atoms with Crippen molar-refractivity contribution in [3.05, 3.63) is 30.3 Å². The predicted octanol–water partition coefficient (Wildman–Crippen LogP) is 4.41. The number of benzene rings is 1. The van der Waals surface area contributed by atoms with Gasteiger partial charge in [0.05, 0.1) is 0 Å². The quantitative estimate of drug-likeness (QED) is 0.264. The highest BCUT2D eigenvalue weighted by atomic mass is 32.1. The van der Waals surface area contributed by atoms with Gasteiger partial charge in [-0.3, -0.25) is 14.5 Å². The second-order valence-corrected chi connectivity index (χ2v) is 10.3. The van der Waals surface area contributed by atoms with Crippen molar-refractivity contribution >= 4 is 30.5 Å². The molecule has 2 atom stereocenters. The van der Waals surface area contributed by atoms with Crippen molar-refractivity contribution in [1.29, 1.82) is 0 Å². The number of rotatable bonds is 11. The van der Waals surface area contributed by atoms with Crippen molar-refractivity contribution in [2.24, 2.45) is 5.92 Å². The molecule has 1 aromatic rings. The molecule has 3 rings (SSSR count). The highest BCUT2D eigenvalue weighted by molar-refractivity contribution is 7.80. The van der Waals surface area contributed by atoms with E-state index in [0.717, 1.165) is 51.4 Å². The first-order valence-electron chi connectivity index (χ1n) is 13.1.